The minimum atomic E-state index is 0.566. The highest BCUT2D eigenvalue weighted by Gasteiger charge is 2.28. The zero-order valence-electron chi connectivity index (χ0n) is 11.9. The van der Waals surface area contributed by atoms with Crippen LogP contribution in [-0.4, -0.2) is 30.0 Å². The highest BCUT2D eigenvalue weighted by molar-refractivity contribution is 5.34. The number of nitrogens with zero attached hydrogens (tertiary/aromatic N) is 2. The van der Waals surface area contributed by atoms with Crippen molar-refractivity contribution in [2.24, 2.45) is 5.41 Å². The molecule has 1 aromatic rings. The Morgan fingerprint density at radius 2 is 2.06 bits per heavy atom. The molecule has 0 spiro atoms. The summed E-state index contributed by atoms with van der Waals surface area (Å²) in [6.07, 6.45) is 3.93. The molecule has 1 fully saturated rings. The van der Waals surface area contributed by atoms with Crippen molar-refractivity contribution in [1.29, 1.82) is 0 Å². The molecule has 0 unspecified atom stereocenters. The average molecular weight is 247 g/mol. The first kappa shape index (κ1) is 13.3. The maximum Gasteiger partial charge on any atom is 0.126 e. The Kier molecular flexibility index (Phi) is 4.23. The van der Waals surface area contributed by atoms with Crippen LogP contribution < -0.4 is 5.32 Å². The lowest BCUT2D eigenvalue weighted by atomic mass is 9.78. The van der Waals surface area contributed by atoms with Crippen molar-refractivity contribution >= 4 is 5.82 Å². The van der Waals surface area contributed by atoms with Gasteiger partial charge in [-0.3, -0.25) is 4.90 Å². The summed E-state index contributed by atoms with van der Waals surface area (Å²) in [5, 5.41) is 3.10. The van der Waals surface area contributed by atoms with E-state index in [-0.39, 0.29) is 0 Å². The van der Waals surface area contributed by atoms with Gasteiger partial charge in [0.1, 0.15) is 5.82 Å². The summed E-state index contributed by atoms with van der Waals surface area (Å²) in [6.45, 7) is 8.12. The fraction of sp³-hybridized carbons (Fsp3) is 0.667. The van der Waals surface area contributed by atoms with Crippen molar-refractivity contribution in [3.05, 3.63) is 23.9 Å². The molecule has 2 heterocycles. The van der Waals surface area contributed by atoms with Crippen LogP contribution in [0.25, 0.3) is 0 Å². The lowest BCUT2D eigenvalue weighted by Gasteiger charge is -2.38. The van der Waals surface area contributed by atoms with E-state index in [9.17, 15) is 0 Å². The number of piperidine rings is 1. The van der Waals surface area contributed by atoms with E-state index in [0.29, 0.717) is 5.41 Å². The fourth-order valence-corrected chi connectivity index (χ4v) is 2.54. The number of hydrogen-bond donors (Lipinski definition) is 1. The molecule has 0 atom stereocenters. The van der Waals surface area contributed by atoms with E-state index in [2.05, 4.69) is 41.2 Å². The van der Waals surface area contributed by atoms with Gasteiger partial charge in [-0.15, -0.1) is 0 Å². The summed E-state index contributed by atoms with van der Waals surface area (Å²) in [6, 6.07) is 6.20. The second-order valence-corrected chi connectivity index (χ2v) is 5.70. The molecule has 2 rings (SSSR count). The standard InChI is InChI=1S/C15H25N3/c1-4-15(2)8-10-18(11-9-15)12-13-6-5-7-14(16-3)17-13/h5-7H,4,8-12H2,1-3H3,(H,16,17). The van der Waals surface area contributed by atoms with Crippen LogP contribution in [0.4, 0.5) is 5.82 Å². The van der Waals surface area contributed by atoms with Crippen molar-refractivity contribution in [3.8, 4) is 0 Å². The molecule has 0 aromatic carbocycles. The topological polar surface area (TPSA) is 28.2 Å². The monoisotopic (exact) mass is 247 g/mol. The summed E-state index contributed by atoms with van der Waals surface area (Å²) in [5.74, 6) is 0.961. The molecule has 3 heteroatoms. The quantitative estimate of drug-likeness (QED) is 0.886. The van der Waals surface area contributed by atoms with Crippen molar-refractivity contribution < 1.29 is 0 Å². The largest absolute Gasteiger partial charge is 0.373 e. The van der Waals surface area contributed by atoms with Crippen LogP contribution in [0.2, 0.25) is 0 Å². The molecule has 0 saturated carbocycles. The number of pyridine rings is 1. The normalized spacial score (nSPS) is 19.7. The van der Waals surface area contributed by atoms with Gasteiger partial charge in [0.15, 0.2) is 0 Å². The van der Waals surface area contributed by atoms with Crippen molar-refractivity contribution in [1.82, 2.24) is 9.88 Å². The molecule has 3 nitrogen and oxygen atoms in total. The molecule has 1 aromatic heterocycles. The van der Waals surface area contributed by atoms with Gasteiger partial charge in [0, 0.05) is 13.6 Å². The molecule has 0 radical (unpaired) electrons. The summed E-state index contributed by atoms with van der Waals surface area (Å²) in [4.78, 5) is 7.12. The molecule has 1 aliphatic heterocycles. The van der Waals surface area contributed by atoms with E-state index in [1.165, 1.54) is 38.0 Å². The van der Waals surface area contributed by atoms with Crippen LogP contribution in [-0.2, 0) is 6.54 Å². The van der Waals surface area contributed by atoms with Crippen LogP contribution in [0.5, 0.6) is 0 Å². The van der Waals surface area contributed by atoms with E-state index < -0.39 is 0 Å². The third-order valence-corrected chi connectivity index (χ3v) is 4.37. The fourth-order valence-electron chi connectivity index (χ4n) is 2.54. The SMILES string of the molecule is CCC1(C)CCN(Cc2cccc(NC)n2)CC1. The second kappa shape index (κ2) is 5.70. The van der Waals surface area contributed by atoms with Crippen LogP contribution in [0.15, 0.2) is 18.2 Å². The van der Waals surface area contributed by atoms with E-state index in [1.54, 1.807) is 0 Å². The number of rotatable bonds is 4. The van der Waals surface area contributed by atoms with Crippen molar-refractivity contribution in [2.45, 2.75) is 39.7 Å². The van der Waals surface area contributed by atoms with Crippen LogP contribution >= 0.6 is 0 Å². The summed E-state index contributed by atoms with van der Waals surface area (Å²) < 4.78 is 0. The van der Waals surface area contributed by atoms with Crippen LogP contribution in [0, 0.1) is 5.41 Å². The second-order valence-electron chi connectivity index (χ2n) is 5.70. The lowest BCUT2D eigenvalue weighted by Crippen LogP contribution is -2.38. The van der Waals surface area contributed by atoms with E-state index in [4.69, 9.17) is 0 Å². The van der Waals surface area contributed by atoms with Gasteiger partial charge in [0.05, 0.1) is 5.69 Å². The third-order valence-electron chi connectivity index (χ3n) is 4.37. The highest BCUT2D eigenvalue weighted by Crippen LogP contribution is 2.34. The van der Waals surface area contributed by atoms with Crippen LogP contribution in [0.1, 0.15) is 38.8 Å². The molecule has 0 aliphatic carbocycles. The van der Waals surface area contributed by atoms with E-state index >= 15 is 0 Å². The Morgan fingerprint density at radius 1 is 1.33 bits per heavy atom. The van der Waals surface area contributed by atoms with Gasteiger partial charge in [-0.05, 0) is 43.5 Å². The maximum absolute atomic E-state index is 4.59. The lowest BCUT2D eigenvalue weighted by molar-refractivity contribution is 0.109. The molecular weight excluding hydrogens is 222 g/mol. The Hall–Kier alpha value is -1.09. The highest BCUT2D eigenvalue weighted by atomic mass is 15.1. The first-order chi connectivity index (χ1) is 8.65. The van der Waals surface area contributed by atoms with Crippen LogP contribution in [0.3, 0.4) is 0 Å². The van der Waals surface area contributed by atoms with Gasteiger partial charge in [0.25, 0.3) is 0 Å². The van der Waals surface area contributed by atoms with Gasteiger partial charge in [-0.2, -0.15) is 0 Å². The third kappa shape index (κ3) is 3.22. The zero-order chi connectivity index (χ0) is 13.0. The minimum absolute atomic E-state index is 0.566. The number of anilines is 1. The predicted octanol–water partition coefficient (Wildman–Crippen LogP) is 3.14. The Balaban J connectivity index is 1.91. The number of aromatic nitrogens is 1. The van der Waals surface area contributed by atoms with Gasteiger partial charge in [0.2, 0.25) is 0 Å². The Bertz CT molecular complexity index is 381. The molecule has 1 aliphatic rings. The van der Waals surface area contributed by atoms with E-state index in [1.807, 2.05) is 13.1 Å². The Labute approximate surface area is 111 Å². The smallest absolute Gasteiger partial charge is 0.126 e. The average Bonchev–Trinajstić information content (AvgIpc) is 2.42. The Morgan fingerprint density at radius 3 is 2.67 bits per heavy atom. The zero-order valence-corrected chi connectivity index (χ0v) is 11.9. The van der Waals surface area contributed by atoms with Gasteiger partial charge >= 0.3 is 0 Å². The first-order valence-electron chi connectivity index (χ1n) is 7.01. The van der Waals surface area contributed by atoms with Crippen molar-refractivity contribution in [2.75, 3.05) is 25.5 Å². The number of likely N-dealkylation sites (tertiary alicyclic amines) is 1. The molecule has 1 saturated heterocycles. The maximum atomic E-state index is 4.59. The number of nitrogens with one attached hydrogen (secondary N) is 1. The van der Waals surface area contributed by atoms with E-state index in [0.717, 1.165) is 12.4 Å². The first-order valence-corrected chi connectivity index (χ1v) is 7.01. The predicted molar refractivity (Wildman–Crippen MR) is 76.7 cm³/mol. The molecule has 0 bridgehead atoms. The van der Waals surface area contributed by atoms with Crippen molar-refractivity contribution in [3.63, 3.8) is 0 Å². The summed E-state index contributed by atoms with van der Waals surface area (Å²) >= 11 is 0. The van der Waals surface area contributed by atoms with Gasteiger partial charge in [-0.1, -0.05) is 26.3 Å². The number of hydrogen-bond acceptors (Lipinski definition) is 3. The molecule has 18 heavy (non-hydrogen) atoms. The molecular formula is C15H25N3. The molecule has 0 amide bonds. The summed E-state index contributed by atoms with van der Waals surface area (Å²) in [5.41, 5.74) is 1.73. The minimum Gasteiger partial charge on any atom is -0.373 e. The molecule has 100 valence electrons. The molecule has 1 N–H and O–H groups in total. The van der Waals surface area contributed by atoms with Gasteiger partial charge < -0.3 is 5.32 Å². The van der Waals surface area contributed by atoms with Gasteiger partial charge in [-0.25, -0.2) is 4.98 Å². The summed E-state index contributed by atoms with van der Waals surface area (Å²) in [7, 11) is 1.92.